The van der Waals surface area contributed by atoms with Gasteiger partial charge in [-0.1, -0.05) is 49.4 Å². The minimum absolute atomic E-state index is 0.107. The van der Waals surface area contributed by atoms with E-state index in [2.05, 4.69) is 5.32 Å². The number of esters is 1. The van der Waals surface area contributed by atoms with Crippen molar-refractivity contribution in [3.63, 3.8) is 0 Å². The minimum Gasteiger partial charge on any atom is -0.452 e. The Kier molecular flexibility index (Phi) is 7.17. The zero-order valence-electron chi connectivity index (χ0n) is 17.5. The zero-order valence-corrected chi connectivity index (χ0v) is 17.5. The van der Waals surface area contributed by atoms with Crippen LogP contribution in [-0.2, 0) is 16.0 Å². The highest BCUT2D eigenvalue weighted by atomic mass is 16.5. The first-order chi connectivity index (χ1) is 15.0. The summed E-state index contributed by atoms with van der Waals surface area (Å²) < 4.78 is 5.16. The topological polar surface area (TPSA) is 75.7 Å². The molecule has 0 unspecified atom stereocenters. The Morgan fingerprint density at radius 2 is 1.45 bits per heavy atom. The van der Waals surface area contributed by atoms with Crippen LogP contribution in [0.1, 0.15) is 33.2 Å². The zero-order chi connectivity index (χ0) is 22.2. The molecule has 0 spiro atoms. The molecule has 6 nitrogen and oxygen atoms in total. The third-order valence-corrected chi connectivity index (χ3v) is 4.81. The van der Waals surface area contributed by atoms with E-state index in [4.69, 9.17) is 4.74 Å². The molecule has 3 aromatic carbocycles. The molecule has 6 heteroatoms. The van der Waals surface area contributed by atoms with Crippen molar-refractivity contribution in [2.75, 3.05) is 23.9 Å². The molecular formula is C25H24N2O4. The average Bonchev–Trinajstić information content (AvgIpc) is 2.82. The molecule has 0 fully saturated rings. The lowest BCUT2D eigenvalue weighted by molar-refractivity contribution is -0.119. The summed E-state index contributed by atoms with van der Waals surface area (Å²) in [6, 6.07) is 23.0. The van der Waals surface area contributed by atoms with E-state index in [9.17, 15) is 14.4 Å². The molecule has 0 aliphatic carbocycles. The number of para-hydroxylation sites is 1. The van der Waals surface area contributed by atoms with Crippen LogP contribution in [0.3, 0.4) is 0 Å². The van der Waals surface area contributed by atoms with Crippen molar-refractivity contribution in [2.24, 2.45) is 0 Å². The summed E-state index contributed by atoms with van der Waals surface area (Å²) in [5.41, 5.74) is 2.79. The lowest BCUT2D eigenvalue weighted by Gasteiger charge is -2.18. The van der Waals surface area contributed by atoms with Crippen molar-refractivity contribution in [1.29, 1.82) is 0 Å². The fraction of sp³-hybridized carbons (Fsp3) is 0.160. The van der Waals surface area contributed by atoms with Gasteiger partial charge in [-0.15, -0.1) is 0 Å². The van der Waals surface area contributed by atoms with Crippen molar-refractivity contribution < 1.29 is 19.1 Å². The smallest absolute Gasteiger partial charge is 0.339 e. The molecule has 0 saturated carbocycles. The predicted molar refractivity (Wildman–Crippen MR) is 120 cm³/mol. The molecule has 158 valence electrons. The maximum Gasteiger partial charge on any atom is 0.339 e. The second-order valence-electron chi connectivity index (χ2n) is 6.92. The highest BCUT2D eigenvalue weighted by molar-refractivity contribution is 6.12. The number of nitrogens with zero attached hydrogens (tertiary/aromatic N) is 1. The first-order valence-corrected chi connectivity index (χ1v) is 9.97. The summed E-state index contributed by atoms with van der Waals surface area (Å²) in [5.74, 6) is -1.54. The van der Waals surface area contributed by atoms with Crippen LogP contribution in [0.2, 0.25) is 0 Å². The normalized spacial score (nSPS) is 10.3. The van der Waals surface area contributed by atoms with E-state index in [0.717, 1.165) is 12.0 Å². The van der Waals surface area contributed by atoms with Gasteiger partial charge in [-0.25, -0.2) is 4.79 Å². The Morgan fingerprint density at radius 3 is 2.10 bits per heavy atom. The average molecular weight is 416 g/mol. The quantitative estimate of drug-likeness (QED) is 0.582. The molecule has 0 bridgehead atoms. The van der Waals surface area contributed by atoms with E-state index < -0.39 is 18.5 Å². The molecule has 0 atom stereocenters. The van der Waals surface area contributed by atoms with Crippen LogP contribution >= 0.6 is 0 Å². The van der Waals surface area contributed by atoms with Crippen LogP contribution in [-0.4, -0.2) is 31.4 Å². The Balaban J connectivity index is 1.65. The molecular weight excluding hydrogens is 392 g/mol. The van der Waals surface area contributed by atoms with E-state index in [1.165, 1.54) is 11.0 Å². The van der Waals surface area contributed by atoms with E-state index in [1.807, 2.05) is 37.3 Å². The van der Waals surface area contributed by atoms with Crippen molar-refractivity contribution in [1.82, 2.24) is 0 Å². The van der Waals surface area contributed by atoms with Gasteiger partial charge in [0.05, 0.1) is 11.1 Å². The number of hydrogen-bond acceptors (Lipinski definition) is 4. The second kappa shape index (κ2) is 10.2. The molecule has 2 amide bonds. The minimum atomic E-state index is -0.734. The molecule has 1 N–H and O–H groups in total. The monoisotopic (exact) mass is 416 g/mol. The van der Waals surface area contributed by atoms with Gasteiger partial charge in [-0.3, -0.25) is 9.59 Å². The first-order valence-electron chi connectivity index (χ1n) is 9.97. The number of ether oxygens (including phenoxy) is 1. The number of rotatable bonds is 7. The van der Waals surface area contributed by atoms with E-state index in [1.54, 1.807) is 49.5 Å². The van der Waals surface area contributed by atoms with Gasteiger partial charge < -0.3 is 15.0 Å². The number of carbonyl (C=O) groups excluding carboxylic acids is 3. The Morgan fingerprint density at radius 1 is 0.839 bits per heavy atom. The summed E-state index contributed by atoms with van der Waals surface area (Å²) in [5, 5.41) is 2.69. The van der Waals surface area contributed by atoms with Crippen LogP contribution in [0.15, 0.2) is 78.9 Å². The number of carbonyl (C=O) groups is 3. The van der Waals surface area contributed by atoms with Crippen LogP contribution in [0.25, 0.3) is 0 Å². The van der Waals surface area contributed by atoms with Gasteiger partial charge in [0.1, 0.15) is 0 Å². The fourth-order valence-corrected chi connectivity index (χ4v) is 3.03. The number of nitrogens with one attached hydrogen (secondary N) is 1. The van der Waals surface area contributed by atoms with Crippen LogP contribution < -0.4 is 10.2 Å². The highest BCUT2D eigenvalue weighted by Gasteiger charge is 2.22. The molecule has 0 aliphatic rings. The van der Waals surface area contributed by atoms with Crippen molar-refractivity contribution in [3.05, 3.63) is 95.6 Å². The van der Waals surface area contributed by atoms with E-state index in [-0.39, 0.29) is 17.0 Å². The summed E-state index contributed by atoms with van der Waals surface area (Å²) in [6.07, 6.45) is 0.906. The second-order valence-corrected chi connectivity index (χ2v) is 6.92. The van der Waals surface area contributed by atoms with Crippen LogP contribution in [0.4, 0.5) is 11.4 Å². The van der Waals surface area contributed by atoms with Gasteiger partial charge in [0.2, 0.25) is 0 Å². The summed E-state index contributed by atoms with van der Waals surface area (Å²) >= 11 is 0. The highest BCUT2D eigenvalue weighted by Crippen LogP contribution is 2.18. The number of aryl methyl sites for hydroxylation is 1. The molecule has 3 rings (SSSR count). The number of anilines is 2. The number of benzene rings is 3. The van der Waals surface area contributed by atoms with Gasteiger partial charge >= 0.3 is 5.97 Å². The van der Waals surface area contributed by atoms with E-state index in [0.29, 0.717) is 11.4 Å². The molecule has 0 aromatic heterocycles. The van der Waals surface area contributed by atoms with Gasteiger partial charge in [-0.05, 0) is 48.4 Å². The van der Waals surface area contributed by atoms with Crippen molar-refractivity contribution in [2.45, 2.75) is 13.3 Å². The van der Waals surface area contributed by atoms with Crippen molar-refractivity contribution in [3.8, 4) is 0 Å². The Labute approximate surface area is 181 Å². The fourth-order valence-electron chi connectivity index (χ4n) is 3.03. The van der Waals surface area contributed by atoms with Gasteiger partial charge in [0, 0.05) is 18.4 Å². The summed E-state index contributed by atoms with van der Waals surface area (Å²) in [6.45, 7) is 1.60. The standard InChI is InChI=1S/C25H24N2O4/c1-3-18-13-15-19(16-14-18)26-23(28)17-31-25(30)22-12-8-7-11-21(22)24(29)27(2)20-9-5-4-6-10-20/h4-16H,3,17H2,1-2H3,(H,26,28). The van der Waals surface area contributed by atoms with Gasteiger partial charge in [-0.2, -0.15) is 0 Å². The van der Waals surface area contributed by atoms with E-state index >= 15 is 0 Å². The third-order valence-electron chi connectivity index (χ3n) is 4.81. The third kappa shape index (κ3) is 5.57. The lowest BCUT2D eigenvalue weighted by atomic mass is 10.1. The maximum atomic E-state index is 12.9. The number of amides is 2. The Hall–Kier alpha value is -3.93. The predicted octanol–water partition coefficient (Wildman–Crippen LogP) is 4.32. The summed E-state index contributed by atoms with van der Waals surface area (Å²) in [7, 11) is 1.64. The molecule has 0 heterocycles. The van der Waals surface area contributed by atoms with Crippen LogP contribution in [0, 0.1) is 0 Å². The Bertz CT molecular complexity index is 1060. The van der Waals surface area contributed by atoms with Gasteiger partial charge in [0.25, 0.3) is 11.8 Å². The van der Waals surface area contributed by atoms with Crippen molar-refractivity contribution >= 4 is 29.2 Å². The first kappa shape index (κ1) is 21.8. The lowest BCUT2D eigenvalue weighted by Crippen LogP contribution is -2.28. The molecule has 3 aromatic rings. The summed E-state index contributed by atoms with van der Waals surface area (Å²) in [4.78, 5) is 39.1. The largest absolute Gasteiger partial charge is 0.452 e. The van der Waals surface area contributed by atoms with Crippen LogP contribution in [0.5, 0.6) is 0 Å². The van der Waals surface area contributed by atoms with Gasteiger partial charge in [0.15, 0.2) is 6.61 Å². The maximum absolute atomic E-state index is 12.9. The molecule has 0 aliphatic heterocycles. The number of hydrogen-bond donors (Lipinski definition) is 1. The molecule has 0 saturated heterocycles. The molecule has 0 radical (unpaired) electrons. The SMILES string of the molecule is CCc1ccc(NC(=O)COC(=O)c2ccccc2C(=O)N(C)c2ccccc2)cc1. The molecule has 31 heavy (non-hydrogen) atoms.